The van der Waals surface area contributed by atoms with Crippen LogP contribution in [-0.2, 0) is 6.54 Å². The Morgan fingerprint density at radius 2 is 2.21 bits per heavy atom. The lowest BCUT2D eigenvalue weighted by atomic mass is 10.2. The van der Waals surface area contributed by atoms with Gasteiger partial charge in [-0.15, -0.1) is 0 Å². The van der Waals surface area contributed by atoms with E-state index in [0.29, 0.717) is 30.5 Å². The summed E-state index contributed by atoms with van der Waals surface area (Å²) < 4.78 is 30.1. The minimum atomic E-state index is -2.90. The van der Waals surface area contributed by atoms with Crippen LogP contribution in [-0.4, -0.2) is 22.7 Å². The molecule has 2 aromatic rings. The Bertz CT molecular complexity index is 628. The lowest BCUT2D eigenvalue weighted by molar-refractivity contribution is -0.0497. The van der Waals surface area contributed by atoms with Crippen LogP contribution in [0.3, 0.4) is 0 Å². The van der Waals surface area contributed by atoms with Crippen LogP contribution in [0.4, 0.5) is 8.78 Å². The molecule has 19 heavy (non-hydrogen) atoms. The summed E-state index contributed by atoms with van der Waals surface area (Å²) in [5, 5.41) is 0. The van der Waals surface area contributed by atoms with Gasteiger partial charge >= 0.3 is 6.61 Å². The van der Waals surface area contributed by atoms with Crippen molar-refractivity contribution in [3.8, 4) is 5.75 Å². The van der Waals surface area contributed by atoms with Crippen molar-refractivity contribution in [1.82, 2.24) is 9.55 Å². The Balaban J connectivity index is 2.50. The van der Waals surface area contributed by atoms with Crippen LogP contribution in [0, 0.1) is 0 Å². The largest absolute Gasteiger partial charge is 0.435 e. The fourth-order valence-corrected chi connectivity index (χ4v) is 1.80. The maximum absolute atomic E-state index is 12.2. The number of hydrogen-bond donors (Lipinski definition) is 1. The molecule has 1 aromatic carbocycles. The summed E-state index contributed by atoms with van der Waals surface area (Å²) in [5.41, 5.74) is 6.11. The molecule has 2 N–H and O–H groups in total. The van der Waals surface area contributed by atoms with Crippen LogP contribution >= 0.6 is 0 Å². The minimum absolute atomic E-state index is 0.00333. The normalized spacial score (nSPS) is 11.2. The zero-order valence-electron chi connectivity index (χ0n) is 10.1. The predicted octanol–water partition coefficient (Wildman–Crippen LogP) is 1.35. The summed E-state index contributed by atoms with van der Waals surface area (Å²) in [5.74, 6) is -0.00333. The molecule has 0 saturated carbocycles. The standard InChI is InChI=1S/C12H13F2N3O2/c13-12(14)19-8-2-3-9-10(6-8)17(5-1-4-15)11(18)7-16-9/h2-3,6-7,12H,1,4-5,15H2. The highest BCUT2D eigenvalue weighted by Gasteiger charge is 2.08. The first-order valence-electron chi connectivity index (χ1n) is 5.76. The third kappa shape index (κ3) is 3.05. The van der Waals surface area contributed by atoms with Gasteiger partial charge < -0.3 is 15.0 Å². The molecule has 0 unspecified atom stereocenters. The molecule has 5 nitrogen and oxygen atoms in total. The Morgan fingerprint density at radius 1 is 1.42 bits per heavy atom. The topological polar surface area (TPSA) is 70.1 Å². The Labute approximate surface area is 107 Å². The van der Waals surface area contributed by atoms with Crippen molar-refractivity contribution in [2.45, 2.75) is 19.6 Å². The molecule has 7 heteroatoms. The number of benzene rings is 1. The fourth-order valence-electron chi connectivity index (χ4n) is 1.80. The highest BCUT2D eigenvalue weighted by atomic mass is 19.3. The van der Waals surface area contributed by atoms with Crippen LogP contribution in [0.15, 0.2) is 29.2 Å². The summed E-state index contributed by atoms with van der Waals surface area (Å²) in [6, 6.07) is 4.30. The lowest BCUT2D eigenvalue weighted by Crippen LogP contribution is -2.22. The predicted molar refractivity (Wildman–Crippen MR) is 66.3 cm³/mol. The molecule has 0 spiro atoms. The van der Waals surface area contributed by atoms with E-state index < -0.39 is 6.61 Å². The summed E-state index contributed by atoms with van der Waals surface area (Å²) in [6.45, 7) is -2.06. The number of alkyl halides is 2. The second-order valence-electron chi connectivity index (χ2n) is 3.92. The van der Waals surface area contributed by atoms with Crippen molar-refractivity contribution < 1.29 is 13.5 Å². The van der Waals surface area contributed by atoms with Crippen LogP contribution in [0.25, 0.3) is 11.0 Å². The molecule has 0 fully saturated rings. The summed E-state index contributed by atoms with van der Waals surface area (Å²) >= 11 is 0. The number of hydrogen-bond acceptors (Lipinski definition) is 4. The van der Waals surface area contributed by atoms with E-state index in [4.69, 9.17) is 5.73 Å². The average molecular weight is 269 g/mol. The molecule has 1 aromatic heterocycles. The van der Waals surface area contributed by atoms with E-state index in [-0.39, 0.29) is 11.3 Å². The Hall–Kier alpha value is -2.02. The molecule has 0 saturated heterocycles. The van der Waals surface area contributed by atoms with E-state index >= 15 is 0 Å². The molecule has 0 aliphatic carbocycles. The molecule has 0 bridgehead atoms. The number of nitrogens with two attached hydrogens (primary N) is 1. The number of aromatic nitrogens is 2. The van der Waals surface area contributed by atoms with Crippen LogP contribution in [0.5, 0.6) is 5.75 Å². The van der Waals surface area contributed by atoms with E-state index in [1.165, 1.54) is 29.0 Å². The van der Waals surface area contributed by atoms with Gasteiger partial charge in [-0.1, -0.05) is 0 Å². The van der Waals surface area contributed by atoms with Crippen LogP contribution in [0.2, 0.25) is 0 Å². The van der Waals surface area contributed by atoms with Gasteiger partial charge in [0.1, 0.15) is 5.75 Å². The SMILES string of the molecule is NCCCn1c(=O)cnc2ccc(OC(F)F)cc21. The van der Waals surface area contributed by atoms with Gasteiger partial charge in [-0.25, -0.2) is 4.98 Å². The first kappa shape index (κ1) is 13.4. The van der Waals surface area contributed by atoms with Crippen molar-refractivity contribution in [1.29, 1.82) is 0 Å². The van der Waals surface area contributed by atoms with Crippen LogP contribution in [0.1, 0.15) is 6.42 Å². The second kappa shape index (κ2) is 5.75. The third-order valence-corrected chi connectivity index (χ3v) is 2.63. The first-order chi connectivity index (χ1) is 9.11. The summed E-state index contributed by atoms with van der Waals surface area (Å²) in [4.78, 5) is 15.7. The van der Waals surface area contributed by atoms with Gasteiger partial charge in [0.05, 0.1) is 17.2 Å². The highest BCUT2D eigenvalue weighted by molar-refractivity contribution is 5.76. The quantitative estimate of drug-likeness (QED) is 0.889. The molecule has 0 amide bonds. The smallest absolute Gasteiger partial charge is 0.387 e. The number of rotatable bonds is 5. The van der Waals surface area contributed by atoms with E-state index in [1.807, 2.05) is 0 Å². The molecule has 0 aliphatic heterocycles. The molecule has 0 radical (unpaired) electrons. The first-order valence-corrected chi connectivity index (χ1v) is 5.76. The summed E-state index contributed by atoms with van der Waals surface area (Å²) in [6.07, 6.45) is 1.81. The van der Waals surface area contributed by atoms with E-state index in [1.54, 1.807) is 0 Å². The third-order valence-electron chi connectivity index (χ3n) is 2.63. The molecular weight excluding hydrogens is 256 g/mol. The molecule has 1 heterocycles. The van der Waals surface area contributed by atoms with Gasteiger partial charge in [0, 0.05) is 12.6 Å². The van der Waals surface area contributed by atoms with Gasteiger partial charge in [0.2, 0.25) is 0 Å². The Morgan fingerprint density at radius 3 is 2.89 bits per heavy atom. The average Bonchev–Trinajstić information content (AvgIpc) is 2.37. The molecule has 0 aliphatic rings. The second-order valence-corrected chi connectivity index (χ2v) is 3.92. The van der Waals surface area contributed by atoms with E-state index in [2.05, 4.69) is 9.72 Å². The lowest BCUT2D eigenvalue weighted by Gasteiger charge is -2.10. The van der Waals surface area contributed by atoms with Crippen LogP contribution < -0.4 is 16.0 Å². The van der Waals surface area contributed by atoms with Gasteiger partial charge in [0.15, 0.2) is 0 Å². The van der Waals surface area contributed by atoms with Gasteiger partial charge in [-0.3, -0.25) is 4.79 Å². The van der Waals surface area contributed by atoms with Crippen molar-refractivity contribution in [2.24, 2.45) is 5.73 Å². The van der Waals surface area contributed by atoms with Gasteiger partial charge in [-0.05, 0) is 25.1 Å². The van der Waals surface area contributed by atoms with Gasteiger partial charge in [0.25, 0.3) is 5.56 Å². The molecular formula is C12H13F2N3O2. The molecule has 2 rings (SSSR count). The fraction of sp³-hybridized carbons (Fsp3) is 0.333. The Kier molecular flexibility index (Phi) is 4.06. The molecule has 0 atom stereocenters. The van der Waals surface area contributed by atoms with E-state index in [0.717, 1.165) is 0 Å². The van der Waals surface area contributed by atoms with E-state index in [9.17, 15) is 13.6 Å². The number of fused-ring (bicyclic) bond motifs is 1. The van der Waals surface area contributed by atoms with Gasteiger partial charge in [-0.2, -0.15) is 8.78 Å². The minimum Gasteiger partial charge on any atom is -0.435 e. The number of nitrogens with zero attached hydrogens (tertiary/aromatic N) is 2. The summed E-state index contributed by atoms with van der Waals surface area (Å²) in [7, 11) is 0. The number of ether oxygens (including phenoxy) is 1. The van der Waals surface area contributed by atoms with Crippen molar-refractivity contribution in [2.75, 3.05) is 6.54 Å². The highest BCUT2D eigenvalue weighted by Crippen LogP contribution is 2.20. The van der Waals surface area contributed by atoms with Crippen molar-refractivity contribution >= 4 is 11.0 Å². The number of aryl methyl sites for hydroxylation is 1. The maximum Gasteiger partial charge on any atom is 0.387 e. The molecule has 102 valence electrons. The zero-order chi connectivity index (χ0) is 13.8. The number of halogens is 2. The maximum atomic E-state index is 12.2. The monoisotopic (exact) mass is 269 g/mol. The zero-order valence-corrected chi connectivity index (χ0v) is 10.1. The van der Waals surface area contributed by atoms with Crippen molar-refractivity contribution in [3.63, 3.8) is 0 Å². The van der Waals surface area contributed by atoms with Crippen molar-refractivity contribution in [3.05, 3.63) is 34.7 Å².